The zero-order valence-electron chi connectivity index (χ0n) is 17.7. The van der Waals surface area contributed by atoms with Crippen LogP contribution in [-0.2, 0) is 11.3 Å². The number of benzene rings is 3. The molecule has 1 aromatic heterocycles. The third kappa shape index (κ3) is 4.48. The first kappa shape index (κ1) is 20.3. The van der Waals surface area contributed by atoms with Crippen LogP contribution in [0.25, 0.3) is 10.9 Å². The van der Waals surface area contributed by atoms with Crippen molar-refractivity contribution in [2.75, 3.05) is 19.1 Å². The quantitative estimate of drug-likeness (QED) is 0.411. The lowest BCUT2D eigenvalue weighted by molar-refractivity contribution is 0.0600. The smallest absolute Gasteiger partial charge is 0.337 e. The van der Waals surface area contributed by atoms with Crippen molar-refractivity contribution in [3.05, 3.63) is 89.7 Å². The Balaban J connectivity index is 1.53. The molecule has 1 heterocycles. The van der Waals surface area contributed by atoms with Gasteiger partial charge in [0.2, 0.25) is 0 Å². The van der Waals surface area contributed by atoms with E-state index in [4.69, 9.17) is 9.47 Å². The number of carbonyl (C=O) groups excluding carboxylic acids is 1. The number of aromatic nitrogens is 2. The molecule has 3 aromatic carbocycles. The Hall–Kier alpha value is -3.93. The Bertz CT molecular complexity index is 1220. The second-order valence-electron chi connectivity index (χ2n) is 7.15. The van der Waals surface area contributed by atoms with Gasteiger partial charge in [-0.3, -0.25) is 0 Å². The second-order valence-corrected chi connectivity index (χ2v) is 7.15. The standard InChI is InChI=1S/C25H23N3O3/c1-17-26-23-10-5-4-9-22(23)24(27-17)28(2)20-7-6-8-21(15-20)31-16-18-11-13-19(14-12-18)25(29)30-3/h4-15H,16H2,1-3H3. The van der Waals surface area contributed by atoms with E-state index in [0.29, 0.717) is 12.2 Å². The zero-order chi connectivity index (χ0) is 21.8. The van der Waals surface area contributed by atoms with E-state index in [1.807, 2.05) is 79.5 Å². The van der Waals surface area contributed by atoms with Crippen molar-refractivity contribution in [1.29, 1.82) is 0 Å². The topological polar surface area (TPSA) is 64.6 Å². The van der Waals surface area contributed by atoms with Gasteiger partial charge >= 0.3 is 5.97 Å². The molecule has 156 valence electrons. The molecule has 0 bridgehead atoms. The zero-order valence-corrected chi connectivity index (χ0v) is 17.7. The summed E-state index contributed by atoms with van der Waals surface area (Å²) in [5, 5.41) is 0.993. The largest absolute Gasteiger partial charge is 0.489 e. The fraction of sp³-hybridized carbons (Fsp3) is 0.160. The number of methoxy groups -OCH3 is 1. The molecule has 6 nitrogen and oxygen atoms in total. The molecule has 0 aliphatic heterocycles. The number of aryl methyl sites for hydroxylation is 1. The Labute approximate surface area is 181 Å². The normalized spacial score (nSPS) is 10.7. The minimum absolute atomic E-state index is 0.351. The molecule has 0 N–H and O–H groups in total. The van der Waals surface area contributed by atoms with Gasteiger partial charge < -0.3 is 14.4 Å². The summed E-state index contributed by atoms with van der Waals surface area (Å²) in [5.74, 6) is 1.97. The highest BCUT2D eigenvalue weighted by atomic mass is 16.5. The predicted octanol–water partition coefficient (Wildman–Crippen LogP) is 5.07. The molecule has 31 heavy (non-hydrogen) atoms. The van der Waals surface area contributed by atoms with Gasteiger partial charge in [0, 0.05) is 24.2 Å². The van der Waals surface area contributed by atoms with E-state index in [0.717, 1.165) is 39.5 Å². The molecule has 0 spiro atoms. The second kappa shape index (κ2) is 8.83. The predicted molar refractivity (Wildman–Crippen MR) is 121 cm³/mol. The molecule has 4 aromatic rings. The first-order valence-corrected chi connectivity index (χ1v) is 9.92. The van der Waals surface area contributed by atoms with Crippen molar-refractivity contribution in [3.8, 4) is 5.75 Å². The van der Waals surface area contributed by atoms with Gasteiger partial charge in [0.1, 0.15) is 24.0 Å². The number of hydrogen-bond acceptors (Lipinski definition) is 6. The lowest BCUT2D eigenvalue weighted by atomic mass is 10.1. The monoisotopic (exact) mass is 413 g/mol. The van der Waals surface area contributed by atoms with E-state index in [2.05, 4.69) is 9.97 Å². The Morgan fingerprint density at radius 1 is 0.968 bits per heavy atom. The van der Waals surface area contributed by atoms with Crippen LogP contribution in [0, 0.1) is 6.92 Å². The van der Waals surface area contributed by atoms with E-state index in [1.54, 1.807) is 12.1 Å². The first-order chi connectivity index (χ1) is 15.0. The molecule has 0 atom stereocenters. The van der Waals surface area contributed by atoms with Crippen molar-refractivity contribution >= 4 is 28.4 Å². The van der Waals surface area contributed by atoms with Gasteiger partial charge in [-0.05, 0) is 48.9 Å². The van der Waals surface area contributed by atoms with Crippen LogP contribution < -0.4 is 9.64 Å². The number of esters is 1. The van der Waals surface area contributed by atoms with Crippen molar-refractivity contribution in [2.24, 2.45) is 0 Å². The summed E-state index contributed by atoms with van der Waals surface area (Å²) in [5.41, 5.74) is 3.35. The van der Waals surface area contributed by atoms with Gasteiger partial charge in [0.05, 0.1) is 18.2 Å². The van der Waals surface area contributed by atoms with Crippen molar-refractivity contribution in [3.63, 3.8) is 0 Å². The van der Waals surface area contributed by atoms with Crippen LogP contribution in [0.4, 0.5) is 11.5 Å². The fourth-order valence-corrected chi connectivity index (χ4v) is 3.35. The summed E-state index contributed by atoms with van der Waals surface area (Å²) in [4.78, 5) is 22.8. The first-order valence-electron chi connectivity index (χ1n) is 9.92. The maximum Gasteiger partial charge on any atom is 0.337 e. The molecular weight excluding hydrogens is 390 g/mol. The number of carbonyl (C=O) groups is 1. The molecule has 0 unspecified atom stereocenters. The maximum atomic E-state index is 11.6. The highest BCUT2D eigenvalue weighted by Gasteiger charge is 2.12. The maximum absolute atomic E-state index is 11.6. The van der Waals surface area contributed by atoms with Gasteiger partial charge in [0.25, 0.3) is 0 Å². The summed E-state index contributed by atoms with van der Waals surface area (Å²) in [6, 6.07) is 23.0. The average Bonchev–Trinajstić information content (AvgIpc) is 2.81. The van der Waals surface area contributed by atoms with Gasteiger partial charge in [-0.25, -0.2) is 14.8 Å². The van der Waals surface area contributed by atoms with E-state index < -0.39 is 0 Å². The Kier molecular flexibility index (Phi) is 5.80. The minimum atomic E-state index is -0.351. The third-order valence-electron chi connectivity index (χ3n) is 5.00. The van der Waals surface area contributed by atoms with Crippen LogP contribution in [-0.4, -0.2) is 30.1 Å². The highest BCUT2D eigenvalue weighted by molar-refractivity contribution is 5.91. The molecule has 0 aliphatic rings. The van der Waals surface area contributed by atoms with E-state index in [-0.39, 0.29) is 5.97 Å². The van der Waals surface area contributed by atoms with Crippen LogP contribution in [0.15, 0.2) is 72.8 Å². The van der Waals surface area contributed by atoms with Gasteiger partial charge in [0.15, 0.2) is 0 Å². The molecule has 0 saturated carbocycles. The molecule has 0 radical (unpaired) electrons. The van der Waals surface area contributed by atoms with Crippen LogP contribution in [0.1, 0.15) is 21.7 Å². The van der Waals surface area contributed by atoms with Crippen LogP contribution in [0.3, 0.4) is 0 Å². The number of nitrogens with zero attached hydrogens (tertiary/aromatic N) is 3. The number of ether oxygens (including phenoxy) is 2. The van der Waals surface area contributed by atoms with E-state index in [9.17, 15) is 4.79 Å². The highest BCUT2D eigenvalue weighted by Crippen LogP contribution is 2.30. The lowest BCUT2D eigenvalue weighted by Crippen LogP contribution is -2.13. The molecule has 0 saturated heterocycles. The van der Waals surface area contributed by atoms with Gasteiger partial charge in [-0.2, -0.15) is 0 Å². The van der Waals surface area contributed by atoms with Crippen LogP contribution in [0.5, 0.6) is 5.75 Å². The van der Waals surface area contributed by atoms with E-state index >= 15 is 0 Å². The summed E-state index contributed by atoms with van der Waals surface area (Å²) in [6.07, 6.45) is 0. The number of rotatable bonds is 6. The fourth-order valence-electron chi connectivity index (χ4n) is 3.35. The summed E-state index contributed by atoms with van der Waals surface area (Å²) >= 11 is 0. The van der Waals surface area contributed by atoms with Gasteiger partial charge in [-0.15, -0.1) is 0 Å². The molecule has 0 amide bonds. The molecule has 4 rings (SSSR count). The third-order valence-corrected chi connectivity index (χ3v) is 5.00. The minimum Gasteiger partial charge on any atom is -0.489 e. The van der Waals surface area contributed by atoms with Crippen LogP contribution in [0.2, 0.25) is 0 Å². The Morgan fingerprint density at radius 2 is 1.74 bits per heavy atom. The number of anilines is 2. The van der Waals surface area contributed by atoms with Crippen molar-refractivity contribution in [2.45, 2.75) is 13.5 Å². The van der Waals surface area contributed by atoms with E-state index in [1.165, 1.54) is 7.11 Å². The van der Waals surface area contributed by atoms with Crippen molar-refractivity contribution in [1.82, 2.24) is 9.97 Å². The summed E-state index contributed by atoms with van der Waals surface area (Å²) in [7, 11) is 3.35. The number of para-hydroxylation sites is 1. The van der Waals surface area contributed by atoms with Crippen molar-refractivity contribution < 1.29 is 14.3 Å². The Morgan fingerprint density at radius 3 is 2.52 bits per heavy atom. The molecule has 0 aliphatic carbocycles. The molecule has 0 fully saturated rings. The molecule has 6 heteroatoms. The number of fused-ring (bicyclic) bond motifs is 1. The van der Waals surface area contributed by atoms with Crippen LogP contribution >= 0.6 is 0 Å². The number of hydrogen-bond donors (Lipinski definition) is 0. The average molecular weight is 413 g/mol. The molecular formula is C25H23N3O3. The van der Waals surface area contributed by atoms with Gasteiger partial charge in [-0.1, -0.05) is 30.3 Å². The lowest BCUT2D eigenvalue weighted by Gasteiger charge is -2.21. The SMILES string of the molecule is COC(=O)c1ccc(COc2cccc(N(C)c3nc(C)nc4ccccc34)c2)cc1. The summed E-state index contributed by atoms with van der Waals surface area (Å²) < 4.78 is 10.7. The summed E-state index contributed by atoms with van der Waals surface area (Å²) in [6.45, 7) is 2.29.